The number of nitrogens with zero attached hydrogens (tertiary/aromatic N) is 4. The number of thiophene rings is 1. The summed E-state index contributed by atoms with van der Waals surface area (Å²) in [6, 6.07) is 5.96. The maximum absolute atomic E-state index is 12.6. The molecular weight excluding hydrogens is 404 g/mol. The van der Waals surface area contributed by atoms with E-state index in [1.54, 1.807) is 22.7 Å². The van der Waals surface area contributed by atoms with Crippen LogP contribution in [0.5, 0.6) is 0 Å². The van der Waals surface area contributed by atoms with Crippen molar-refractivity contribution in [1.82, 2.24) is 14.5 Å². The molecule has 0 atom stereocenters. The Morgan fingerprint density at radius 1 is 1.17 bits per heavy atom. The first kappa shape index (κ1) is 19.5. The van der Waals surface area contributed by atoms with Gasteiger partial charge in [-0.3, -0.25) is 19.1 Å². The van der Waals surface area contributed by atoms with Crippen LogP contribution in [0.3, 0.4) is 0 Å². The van der Waals surface area contributed by atoms with Crippen LogP contribution in [0.2, 0.25) is 0 Å². The maximum Gasteiger partial charge on any atom is 0.271 e. The van der Waals surface area contributed by atoms with E-state index in [1.807, 2.05) is 37.6 Å². The van der Waals surface area contributed by atoms with Crippen LogP contribution in [-0.4, -0.2) is 20.4 Å². The van der Waals surface area contributed by atoms with Gasteiger partial charge in [0.05, 0.1) is 29.8 Å². The van der Waals surface area contributed by atoms with E-state index >= 15 is 0 Å². The Bertz CT molecular complexity index is 1260. The van der Waals surface area contributed by atoms with E-state index in [0.717, 1.165) is 28.1 Å². The quantitative estimate of drug-likeness (QED) is 0.481. The summed E-state index contributed by atoms with van der Waals surface area (Å²) >= 11 is 2.78. The highest BCUT2D eigenvalue weighted by atomic mass is 32.1. The van der Waals surface area contributed by atoms with Crippen molar-refractivity contribution in [1.29, 1.82) is 0 Å². The lowest BCUT2D eigenvalue weighted by atomic mass is 10.0. The molecule has 8 heteroatoms. The molecule has 0 radical (unpaired) electrons. The molecule has 0 aliphatic rings. The molecule has 4 aromatic rings. The van der Waals surface area contributed by atoms with Gasteiger partial charge in [-0.25, -0.2) is 9.97 Å². The Morgan fingerprint density at radius 3 is 2.59 bits per heavy atom. The van der Waals surface area contributed by atoms with Crippen molar-refractivity contribution < 1.29 is 4.79 Å². The SMILES string of the molecule is CC(=O)N(c1nc(Cn2cnc3ccsc3c2=O)cs1)c1c(C)cc(C)cc1C. The van der Waals surface area contributed by atoms with E-state index in [-0.39, 0.29) is 11.5 Å². The Kier molecular flexibility index (Phi) is 5.06. The highest BCUT2D eigenvalue weighted by Gasteiger charge is 2.22. The fourth-order valence-electron chi connectivity index (χ4n) is 3.55. The number of benzene rings is 1. The van der Waals surface area contributed by atoms with Gasteiger partial charge in [-0.1, -0.05) is 17.7 Å². The highest BCUT2D eigenvalue weighted by Crippen LogP contribution is 2.34. The predicted molar refractivity (Wildman–Crippen MR) is 119 cm³/mol. The molecule has 148 valence electrons. The van der Waals surface area contributed by atoms with Gasteiger partial charge < -0.3 is 0 Å². The van der Waals surface area contributed by atoms with Gasteiger partial charge in [0, 0.05) is 12.3 Å². The van der Waals surface area contributed by atoms with Gasteiger partial charge in [-0.05, 0) is 43.3 Å². The lowest BCUT2D eigenvalue weighted by Crippen LogP contribution is -2.25. The summed E-state index contributed by atoms with van der Waals surface area (Å²) in [4.78, 5) is 35.8. The normalized spacial score (nSPS) is 11.2. The van der Waals surface area contributed by atoms with E-state index in [0.29, 0.717) is 21.9 Å². The minimum absolute atomic E-state index is 0.0757. The average molecular weight is 425 g/mol. The summed E-state index contributed by atoms with van der Waals surface area (Å²) in [7, 11) is 0. The molecule has 0 unspecified atom stereocenters. The molecule has 0 fully saturated rings. The molecule has 0 aliphatic carbocycles. The number of carbonyl (C=O) groups is 1. The largest absolute Gasteiger partial charge is 0.292 e. The van der Waals surface area contributed by atoms with Gasteiger partial charge in [0.1, 0.15) is 4.70 Å². The lowest BCUT2D eigenvalue weighted by Gasteiger charge is -2.23. The number of anilines is 2. The number of fused-ring (bicyclic) bond motifs is 1. The third kappa shape index (κ3) is 3.61. The number of hydrogen-bond acceptors (Lipinski definition) is 6. The first-order valence-corrected chi connectivity index (χ1v) is 10.9. The van der Waals surface area contributed by atoms with Crippen LogP contribution < -0.4 is 10.5 Å². The fraction of sp³-hybridized carbons (Fsp3) is 0.238. The molecule has 0 saturated carbocycles. The van der Waals surface area contributed by atoms with Gasteiger partial charge in [-0.2, -0.15) is 0 Å². The van der Waals surface area contributed by atoms with Gasteiger partial charge in [0.15, 0.2) is 5.13 Å². The number of thiazole rings is 1. The van der Waals surface area contributed by atoms with E-state index in [2.05, 4.69) is 22.1 Å². The van der Waals surface area contributed by atoms with Crippen LogP contribution in [0.15, 0.2) is 40.1 Å². The van der Waals surface area contributed by atoms with Crippen molar-refractivity contribution in [3.05, 3.63) is 68.0 Å². The monoisotopic (exact) mass is 424 g/mol. The zero-order valence-electron chi connectivity index (χ0n) is 16.6. The molecule has 1 amide bonds. The molecule has 1 aromatic carbocycles. The second-order valence-electron chi connectivity index (χ2n) is 7.04. The van der Waals surface area contributed by atoms with Crippen LogP contribution in [0.4, 0.5) is 10.8 Å². The minimum atomic E-state index is -0.0974. The van der Waals surface area contributed by atoms with Crippen molar-refractivity contribution in [2.75, 3.05) is 4.90 Å². The van der Waals surface area contributed by atoms with Crippen molar-refractivity contribution in [3.63, 3.8) is 0 Å². The average Bonchev–Trinajstić information content (AvgIpc) is 3.29. The smallest absolute Gasteiger partial charge is 0.271 e. The summed E-state index contributed by atoms with van der Waals surface area (Å²) < 4.78 is 2.19. The molecule has 29 heavy (non-hydrogen) atoms. The summed E-state index contributed by atoms with van der Waals surface area (Å²) in [5, 5.41) is 4.34. The van der Waals surface area contributed by atoms with Gasteiger partial charge in [-0.15, -0.1) is 22.7 Å². The summed E-state index contributed by atoms with van der Waals surface area (Å²) in [6.07, 6.45) is 1.55. The summed E-state index contributed by atoms with van der Waals surface area (Å²) in [5.41, 5.74) is 5.43. The van der Waals surface area contributed by atoms with E-state index < -0.39 is 0 Å². The fourth-order valence-corrected chi connectivity index (χ4v) is 5.21. The second-order valence-corrected chi connectivity index (χ2v) is 8.79. The maximum atomic E-state index is 12.6. The Balaban J connectivity index is 1.70. The van der Waals surface area contributed by atoms with Gasteiger partial charge in [0.25, 0.3) is 5.56 Å². The molecule has 0 aliphatic heterocycles. The Hall–Kier alpha value is -2.84. The molecule has 3 heterocycles. The van der Waals surface area contributed by atoms with Crippen molar-refractivity contribution in [2.24, 2.45) is 0 Å². The highest BCUT2D eigenvalue weighted by molar-refractivity contribution is 7.17. The Labute approximate surface area is 176 Å². The molecule has 4 rings (SSSR count). The summed E-state index contributed by atoms with van der Waals surface area (Å²) in [5.74, 6) is -0.0974. The minimum Gasteiger partial charge on any atom is -0.292 e. The van der Waals surface area contributed by atoms with E-state index in [4.69, 9.17) is 0 Å². The first-order chi connectivity index (χ1) is 13.8. The first-order valence-electron chi connectivity index (χ1n) is 9.10. The number of aromatic nitrogens is 3. The molecule has 6 nitrogen and oxygen atoms in total. The third-order valence-electron chi connectivity index (χ3n) is 4.67. The van der Waals surface area contributed by atoms with Crippen molar-refractivity contribution in [2.45, 2.75) is 34.2 Å². The lowest BCUT2D eigenvalue weighted by molar-refractivity contribution is -0.115. The molecule has 0 spiro atoms. The summed E-state index contributed by atoms with van der Waals surface area (Å²) in [6.45, 7) is 7.90. The number of hydrogen-bond donors (Lipinski definition) is 0. The number of aryl methyl sites for hydroxylation is 3. The van der Waals surface area contributed by atoms with E-state index in [1.165, 1.54) is 22.7 Å². The number of carbonyl (C=O) groups excluding carboxylic acids is 1. The van der Waals surface area contributed by atoms with Crippen LogP contribution in [-0.2, 0) is 11.3 Å². The molecular formula is C21H20N4O2S2. The van der Waals surface area contributed by atoms with Crippen LogP contribution in [0.1, 0.15) is 29.3 Å². The number of rotatable bonds is 4. The zero-order chi connectivity index (χ0) is 20.7. The van der Waals surface area contributed by atoms with Crippen LogP contribution in [0.25, 0.3) is 10.2 Å². The molecule has 0 saturated heterocycles. The predicted octanol–water partition coefficient (Wildman–Crippen LogP) is 4.57. The van der Waals surface area contributed by atoms with E-state index in [9.17, 15) is 9.59 Å². The zero-order valence-corrected chi connectivity index (χ0v) is 18.2. The van der Waals surface area contributed by atoms with Crippen molar-refractivity contribution >= 4 is 49.6 Å². The third-order valence-corrected chi connectivity index (χ3v) is 6.44. The molecule has 0 bridgehead atoms. The Morgan fingerprint density at radius 2 is 1.90 bits per heavy atom. The standard InChI is InChI=1S/C21H20N4O2S2/c1-12-7-13(2)18(14(3)8-12)25(15(4)26)21-23-16(10-29-21)9-24-11-22-17-5-6-28-19(17)20(24)27/h5-8,10-11H,9H2,1-4H3. The topological polar surface area (TPSA) is 68.1 Å². The van der Waals surface area contributed by atoms with Crippen molar-refractivity contribution in [3.8, 4) is 0 Å². The van der Waals surface area contributed by atoms with Crippen LogP contribution >= 0.6 is 22.7 Å². The molecule has 0 N–H and O–H groups in total. The van der Waals surface area contributed by atoms with Gasteiger partial charge >= 0.3 is 0 Å². The van der Waals surface area contributed by atoms with Crippen LogP contribution in [0, 0.1) is 20.8 Å². The second kappa shape index (κ2) is 7.53. The number of amides is 1. The van der Waals surface area contributed by atoms with Gasteiger partial charge in [0.2, 0.25) is 5.91 Å². The molecule has 3 aromatic heterocycles.